The number of benzene rings is 1. The van der Waals surface area contributed by atoms with E-state index in [-0.39, 0.29) is 0 Å². The van der Waals surface area contributed by atoms with Crippen molar-refractivity contribution in [1.29, 1.82) is 0 Å². The van der Waals surface area contributed by atoms with Crippen LogP contribution >= 0.6 is 0 Å². The van der Waals surface area contributed by atoms with Crippen molar-refractivity contribution in [2.75, 3.05) is 26.7 Å². The topological polar surface area (TPSA) is 30.3 Å². The summed E-state index contributed by atoms with van der Waals surface area (Å²) in [5, 5.41) is 0. The molecule has 1 aromatic heterocycles. The summed E-state index contributed by atoms with van der Waals surface area (Å²) in [6.07, 6.45) is 2.70. The molecule has 0 unspecified atom stereocenters. The second-order valence-corrected chi connectivity index (χ2v) is 5.21. The molecule has 2 heterocycles. The van der Waals surface area contributed by atoms with Crippen LogP contribution in [-0.4, -0.2) is 41.2 Å². The summed E-state index contributed by atoms with van der Waals surface area (Å²) in [6.45, 7) is 6.72. The fourth-order valence-corrected chi connectivity index (χ4v) is 2.89. The fourth-order valence-electron chi connectivity index (χ4n) is 2.89. The fraction of sp³-hybridized carbons (Fsp3) is 0.533. The number of aromatic nitrogens is 2. The third-order valence-corrected chi connectivity index (χ3v) is 3.98. The summed E-state index contributed by atoms with van der Waals surface area (Å²) >= 11 is 0. The molecule has 2 aromatic rings. The first-order chi connectivity index (χ1) is 9.28. The molecule has 1 aliphatic heterocycles. The Morgan fingerprint density at radius 2 is 2.00 bits per heavy atom. The summed E-state index contributed by atoms with van der Waals surface area (Å²) in [4.78, 5) is 7.17. The van der Waals surface area contributed by atoms with E-state index in [0.717, 1.165) is 30.2 Å². The molecular weight excluding hydrogens is 238 g/mol. The van der Waals surface area contributed by atoms with E-state index in [4.69, 9.17) is 4.74 Å². The highest BCUT2D eigenvalue weighted by molar-refractivity contribution is 5.77. The predicted molar refractivity (Wildman–Crippen MR) is 76.7 cm³/mol. The van der Waals surface area contributed by atoms with E-state index in [9.17, 15) is 0 Å². The van der Waals surface area contributed by atoms with Crippen LogP contribution in [0.25, 0.3) is 11.0 Å². The zero-order valence-electron chi connectivity index (χ0n) is 11.7. The first-order valence-corrected chi connectivity index (χ1v) is 7.01. The van der Waals surface area contributed by atoms with Crippen LogP contribution in [0, 0.1) is 6.92 Å². The summed E-state index contributed by atoms with van der Waals surface area (Å²) in [6, 6.07) is 6.13. The largest absolute Gasteiger partial charge is 0.497 e. The Labute approximate surface area is 114 Å². The molecule has 0 N–H and O–H groups in total. The highest BCUT2D eigenvalue weighted by Gasteiger charge is 2.13. The van der Waals surface area contributed by atoms with Gasteiger partial charge in [0.05, 0.1) is 18.1 Å². The number of fused-ring (bicyclic) bond motifs is 1. The molecule has 0 spiro atoms. The van der Waals surface area contributed by atoms with Gasteiger partial charge in [-0.3, -0.25) is 0 Å². The minimum absolute atomic E-state index is 0.872. The lowest BCUT2D eigenvalue weighted by atomic mass is 10.3. The molecule has 0 saturated carbocycles. The Kier molecular flexibility index (Phi) is 3.42. The lowest BCUT2D eigenvalue weighted by Gasteiger charge is -2.15. The van der Waals surface area contributed by atoms with Crippen LogP contribution in [0.15, 0.2) is 18.2 Å². The number of methoxy groups -OCH3 is 1. The second kappa shape index (κ2) is 5.21. The third kappa shape index (κ3) is 2.45. The number of hydrogen-bond acceptors (Lipinski definition) is 3. The molecule has 1 aromatic carbocycles. The molecular formula is C15H21N3O. The maximum atomic E-state index is 5.26. The maximum absolute atomic E-state index is 5.26. The normalized spacial score (nSPS) is 16.3. The van der Waals surface area contributed by atoms with E-state index in [1.807, 2.05) is 12.1 Å². The summed E-state index contributed by atoms with van der Waals surface area (Å²) < 4.78 is 7.57. The van der Waals surface area contributed by atoms with Crippen molar-refractivity contribution in [2.45, 2.75) is 26.3 Å². The number of rotatable bonds is 4. The van der Waals surface area contributed by atoms with Gasteiger partial charge in [-0.1, -0.05) is 0 Å². The van der Waals surface area contributed by atoms with Crippen molar-refractivity contribution < 1.29 is 4.74 Å². The van der Waals surface area contributed by atoms with Gasteiger partial charge in [0.1, 0.15) is 11.6 Å². The van der Waals surface area contributed by atoms with Crippen molar-refractivity contribution >= 4 is 11.0 Å². The van der Waals surface area contributed by atoms with Crippen LogP contribution in [0.2, 0.25) is 0 Å². The van der Waals surface area contributed by atoms with E-state index in [2.05, 4.69) is 27.4 Å². The third-order valence-electron chi connectivity index (χ3n) is 3.98. The molecule has 1 saturated heterocycles. The van der Waals surface area contributed by atoms with Gasteiger partial charge in [0.25, 0.3) is 0 Å². The molecule has 4 heteroatoms. The zero-order chi connectivity index (χ0) is 13.2. The molecule has 1 fully saturated rings. The molecule has 102 valence electrons. The van der Waals surface area contributed by atoms with Gasteiger partial charge in [0.2, 0.25) is 0 Å². The molecule has 0 aliphatic carbocycles. The standard InChI is InChI=1S/C15H21N3O/c1-12-16-14-11-13(19-2)5-6-15(14)18(12)10-9-17-7-3-4-8-17/h5-6,11H,3-4,7-10H2,1-2H3. The minimum Gasteiger partial charge on any atom is -0.497 e. The Hall–Kier alpha value is -1.55. The Bertz CT molecular complexity index is 570. The molecule has 3 rings (SSSR count). The maximum Gasteiger partial charge on any atom is 0.121 e. The lowest BCUT2D eigenvalue weighted by Crippen LogP contribution is -2.24. The number of nitrogens with zero attached hydrogens (tertiary/aromatic N) is 3. The first kappa shape index (κ1) is 12.5. The van der Waals surface area contributed by atoms with E-state index in [1.165, 1.54) is 31.4 Å². The van der Waals surface area contributed by atoms with E-state index in [0.29, 0.717) is 0 Å². The van der Waals surface area contributed by atoms with Crippen molar-refractivity contribution in [1.82, 2.24) is 14.5 Å². The quantitative estimate of drug-likeness (QED) is 0.845. The van der Waals surface area contributed by atoms with Gasteiger partial charge in [-0.2, -0.15) is 0 Å². The van der Waals surface area contributed by atoms with E-state index < -0.39 is 0 Å². The number of ether oxygens (including phenoxy) is 1. The molecule has 0 bridgehead atoms. The average Bonchev–Trinajstić information content (AvgIpc) is 3.02. The predicted octanol–water partition coefficient (Wildman–Crippen LogP) is 2.45. The number of likely N-dealkylation sites (tertiary alicyclic amines) is 1. The van der Waals surface area contributed by atoms with Crippen LogP contribution in [0.5, 0.6) is 5.75 Å². The minimum atomic E-state index is 0.872. The molecule has 1 aliphatic rings. The number of imidazole rings is 1. The second-order valence-electron chi connectivity index (χ2n) is 5.21. The lowest BCUT2D eigenvalue weighted by molar-refractivity contribution is 0.323. The summed E-state index contributed by atoms with van der Waals surface area (Å²) in [5.74, 6) is 1.96. The van der Waals surface area contributed by atoms with Crippen LogP contribution in [-0.2, 0) is 6.54 Å². The SMILES string of the molecule is COc1ccc2c(c1)nc(C)n2CCN1CCCC1. The first-order valence-electron chi connectivity index (χ1n) is 7.01. The van der Waals surface area contributed by atoms with Gasteiger partial charge in [0, 0.05) is 19.2 Å². The van der Waals surface area contributed by atoms with Crippen molar-refractivity contribution in [3.63, 3.8) is 0 Å². The van der Waals surface area contributed by atoms with E-state index in [1.54, 1.807) is 7.11 Å². The average molecular weight is 259 g/mol. The Morgan fingerprint density at radius 1 is 1.21 bits per heavy atom. The highest BCUT2D eigenvalue weighted by atomic mass is 16.5. The van der Waals surface area contributed by atoms with Gasteiger partial charge >= 0.3 is 0 Å². The van der Waals surface area contributed by atoms with Crippen molar-refractivity contribution in [3.05, 3.63) is 24.0 Å². The van der Waals surface area contributed by atoms with Gasteiger partial charge < -0.3 is 14.2 Å². The van der Waals surface area contributed by atoms with Crippen LogP contribution < -0.4 is 4.74 Å². The van der Waals surface area contributed by atoms with Gasteiger partial charge in [-0.25, -0.2) is 4.98 Å². The van der Waals surface area contributed by atoms with Gasteiger partial charge in [-0.05, 0) is 45.0 Å². The van der Waals surface area contributed by atoms with E-state index >= 15 is 0 Å². The zero-order valence-corrected chi connectivity index (χ0v) is 11.7. The number of hydrogen-bond donors (Lipinski definition) is 0. The molecule has 4 nitrogen and oxygen atoms in total. The van der Waals surface area contributed by atoms with Crippen molar-refractivity contribution in [3.8, 4) is 5.75 Å². The van der Waals surface area contributed by atoms with Gasteiger partial charge in [0.15, 0.2) is 0 Å². The smallest absolute Gasteiger partial charge is 0.121 e. The van der Waals surface area contributed by atoms with Crippen LogP contribution in [0.1, 0.15) is 18.7 Å². The van der Waals surface area contributed by atoms with Crippen molar-refractivity contribution in [2.24, 2.45) is 0 Å². The molecule has 0 amide bonds. The van der Waals surface area contributed by atoms with Crippen LogP contribution in [0.3, 0.4) is 0 Å². The molecule has 0 atom stereocenters. The summed E-state index contributed by atoms with van der Waals surface area (Å²) in [5.41, 5.74) is 2.23. The van der Waals surface area contributed by atoms with Gasteiger partial charge in [-0.15, -0.1) is 0 Å². The molecule has 19 heavy (non-hydrogen) atoms. The Balaban J connectivity index is 1.83. The van der Waals surface area contributed by atoms with Crippen LogP contribution in [0.4, 0.5) is 0 Å². The highest BCUT2D eigenvalue weighted by Crippen LogP contribution is 2.21. The molecule has 0 radical (unpaired) electrons. The number of aryl methyl sites for hydroxylation is 1. The monoisotopic (exact) mass is 259 g/mol. The Morgan fingerprint density at radius 3 is 2.74 bits per heavy atom. The summed E-state index contributed by atoms with van der Waals surface area (Å²) in [7, 11) is 1.69.